The van der Waals surface area contributed by atoms with Crippen LogP contribution in [-0.2, 0) is 23.8 Å². The molecule has 132 valence electrons. The van der Waals surface area contributed by atoms with Crippen LogP contribution in [0, 0.1) is 5.41 Å². The average Bonchev–Trinajstić information content (AvgIpc) is 2.87. The van der Waals surface area contributed by atoms with Crippen LogP contribution in [0.5, 0.6) is 0 Å². The Kier molecular flexibility index (Phi) is 5.23. The lowest BCUT2D eigenvalue weighted by atomic mass is 9.82. The minimum Gasteiger partial charge on any atom is -0.465 e. The van der Waals surface area contributed by atoms with Crippen molar-refractivity contribution in [1.29, 1.82) is 0 Å². The highest BCUT2D eigenvalue weighted by molar-refractivity contribution is 5.87. The van der Waals surface area contributed by atoms with Crippen LogP contribution < -0.4 is 11.2 Å². The first kappa shape index (κ1) is 17.9. The van der Waals surface area contributed by atoms with Crippen LogP contribution in [0.1, 0.15) is 33.4 Å². The summed E-state index contributed by atoms with van der Waals surface area (Å²) >= 11 is 0. The fourth-order valence-electron chi connectivity index (χ4n) is 2.66. The molecule has 1 aliphatic rings. The number of carbonyl (C=O) groups is 2. The van der Waals surface area contributed by atoms with E-state index in [2.05, 4.69) is 4.98 Å². The maximum Gasteiger partial charge on any atom is 0.336 e. The van der Waals surface area contributed by atoms with E-state index in [9.17, 15) is 19.2 Å². The highest BCUT2D eigenvalue weighted by Crippen LogP contribution is 2.44. The number of carbonyl (C=O) groups excluding carboxylic acids is 2. The van der Waals surface area contributed by atoms with E-state index in [1.807, 2.05) is 0 Å². The van der Waals surface area contributed by atoms with E-state index in [0.29, 0.717) is 0 Å². The molecule has 0 spiro atoms. The Morgan fingerprint density at radius 1 is 1.33 bits per heavy atom. The third kappa shape index (κ3) is 3.25. The molecule has 2 rings (SSSR count). The number of esters is 2. The summed E-state index contributed by atoms with van der Waals surface area (Å²) in [7, 11) is 0. The quantitative estimate of drug-likeness (QED) is 0.747. The number of nitrogens with one attached hydrogen (secondary N) is 1. The van der Waals surface area contributed by atoms with E-state index in [4.69, 9.17) is 14.2 Å². The van der Waals surface area contributed by atoms with Gasteiger partial charge in [0.2, 0.25) is 0 Å². The molecule has 3 atom stereocenters. The smallest absolute Gasteiger partial charge is 0.336 e. The SMILES string of the molecule is CCOC(=O)[C@H]1O[C@@H](n2ccc(=O)[nH]c2=O)C[C@@]1(C)C(=O)OCC. The Morgan fingerprint density at radius 2 is 2.00 bits per heavy atom. The van der Waals surface area contributed by atoms with Crippen molar-refractivity contribution >= 4 is 11.9 Å². The number of aromatic amines is 1. The van der Waals surface area contributed by atoms with Crippen molar-refractivity contribution in [1.82, 2.24) is 9.55 Å². The van der Waals surface area contributed by atoms with Crippen LogP contribution in [0.4, 0.5) is 0 Å². The van der Waals surface area contributed by atoms with Crippen molar-refractivity contribution in [3.05, 3.63) is 33.1 Å². The Morgan fingerprint density at radius 3 is 2.58 bits per heavy atom. The zero-order chi connectivity index (χ0) is 17.9. The van der Waals surface area contributed by atoms with Gasteiger partial charge in [-0.3, -0.25) is 19.1 Å². The number of H-pyrrole nitrogens is 1. The van der Waals surface area contributed by atoms with Gasteiger partial charge in [0, 0.05) is 18.7 Å². The third-order valence-electron chi connectivity index (χ3n) is 3.87. The summed E-state index contributed by atoms with van der Waals surface area (Å²) < 4.78 is 16.8. The standard InChI is InChI=1S/C15H20N2O7/c1-4-22-12(19)11-15(3,13(20)23-5-2)8-10(24-11)17-7-6-9(18)16-14(17)21/h6-7,10-11H,4-5,8H2,1-3H3,(H,16,18,21)/t10-,11-,15-/m1/s1. The highest BCUT2D eigenvalue weighted by Gasteiger charge is 2.56. The van der Waals surface area contributed by atoms with Crippen molar-refractivity contribution in [2.24, 2.45) is 5.41 Å². The van der Waals surface area contributed by atoms with Crippen LogP contribution in [0.25, 0.3) is 0 Å². The molecule has 1 N–H and O–H groups in total. The van der Waals surface area contributed by atoms with Gasteiger partial charge in [-0.05, 0) is 20.8 Å². The van der Waals surface area contributed by atoms with Gasteiger partial charge < -0.3 is 14.2 Å². The minimum atomic E-state index is -1.30. The summed E-state index contributed by atoms with van der Waals surface area (Å²) in [5, 5.41) is 0. The highest BCUT2D eigenvalue weighted by atomic mass is 16.6. The van der Waals surface area contributed by atoms with Gasteiger partial charge >= 0.3 is 17.6 Å². The molecule has 1 fully saturated rings. The van der Waals surface area contributed by atoms with Crippen molar-refractivity contribution in [2.45, 2.75) is 39.5 Å². The molecule has 0 aliphatic carbocycles. The Hall–Kier alpha value is -2.42. The molecule has 9 heteroatoms. The molecule has 1 saturated heterocycles. The number of hydrogen-bond acceptors (Lipinski definition) is 7. The van der Waals surface area contributed by atoms with Gasteiger partial charge in [-0.2, -0.15) is 0 Å². The number of aromatic nitrogens is 2. The minimum absolute atomic E-state index is 0.0290. The molecule has 0 saturated carbocycles. The van der Waals surface area contributed by atoms with Crippen molar-refractivity contribution in [3.8, 4) is 0 Å². The second-order valence-corrected chi connectivity index (χ2v) is 5.58. The van der Waals surface area contributed by atoms with Gasteiger partial charge in [-0.25, -0.2) is 9.59 Å². The monoisotopic (exact) mass is 340 g/mol. The Balaban J connectivity index is 2.38. The lowest BCUT2D eigenvalue weighted by Crippen LogP contribution is -2.43. The third-order valence-corrected chi connectivity index (χ3v) is 3.87. The molecule has 0 unspecified atom stereocenters. The first-order chi connectivity index (χ1) is 11.3. The molecule has 0 aromatic carbocycles. The number of ether oxygens (including phenoxy) is 3. The van der Waals surface area contributed by atoms with E-state index >= 15 is 0 Å². The van der Waals surface area contributed by atoms with Gasteiger partial charge in [0.1, 0.15) is 11.6 Å². The molecule has 0 amide bonds. The van der Waals surface area contributed by atoms with Gasteiger partial charge in [0.15, 0.2) is 6.10 Å². The fraction of sp³-hybridized carbons (Fsp3) is 0.600. The summed E-state index contributed by atoms with van der Waals surface area (Å²) in [6.45, 7) is 5.09. The number of nitrogens with zero attached hydrogens (tertiary/aromatic N) is 1. The molecule has 1 aliphatic heterocycles. The predicted octanol–water partition coefficient (Wildman–Crippen LogP) is -0.0434. The number of hydrogen-bond donors (Lipinski definition) is 1. The fourth-order valence-corrected chi connectivity index (χ4v) is 2.66. The summed E-state index contributed by atoms with van der Waals surface area (Å²) in [5.41, 5.74) is -2.55. The first-order valence-electron chi connectivity index (χ1n) is 7.64. The lowest BCUT2D eigenvalue weighted by molar-refractivity contribution is -0.172. The van der Waals surface area contributed by atoms with Gasteiger partial charge in [-0.15, -0.1) is 0 Å². The molecule has 2 heterocycles. The maximum absolute atomic E-state index is 12.3. The summed E-state index contributed by atoms with van der Waals surface area (Å²) in [6, 6.07) is 1.16. The Bertz CT molecular complexity index is 738. The van der Waals surface area contributed by atoms with Gasteiger partial charge in [-0.1, -0.05) is 0 Å². The lowest BCUT2D eigenvalue weighted by Gasteiger charge is -2.25. The average molecular weight is 340 g/mol. The molecular formula is C15H20N2O7. The molecule has 1 aromatic rings. The zero-order valence-corrected chi connectivity index (χ0v) is 13.7. The topological polar surface area (TPSA) is 117 Å². The van der Waals surface area contributed by atoms with Crippen LogP contribution in [0.2, 0.25) is 0 Å². The maximum atomic E-state index is 12.3. The van der Waals surface area contributed by atoms with E-state index in [-0.39, 0.29) is 19.6 Å². The van der Waals surface area contributed by atoms with Crippen LogP contribution >= 0.6 is 0 Å². The second kappa shape index (κ2) is 7.00. The molecule has 24 heavy (non-hydrogen) atoms. The second-order valence-electron chi connectivity index (χ2n) is 5.58. The van der Waals surface area contributed by atoms with Crippen molar-refractivity contribution < 1.29 is 23.8 Å². The van der Waals surface area contributed by atoms with Crippen molar-refractivity contribution in [3.63, 3.8) is 0 Å². The zero-order valence-electron chi connectivity index (χ0n) is 13.7. The van der Waals surface area contributed by atoms with Gasteiger partial charge in [0.05, 0.1) is 13.2 Å². The largest absolute Gasteiger partial charge is 0.465 e. The van der Waals surface area contributed by atoms with Crippen LogP contribution in [-0.4, -0.2) is 40.8 Å². The molecule has 0 radical (unpaired) electrons. The molecular weight excluding hydrogens is 320 g/mol. The number of rotatable bonds is 5. The normalized spacial score (nSPS) is 26.1. The molecule has 9 nitrogen and oxygen atoms in total. The summed E-state index contributed by atoms with van der Waals surface area (Å²) in [6.07, 6.45) is -0.829. The van der Waals surface area contributed by atoms with Crippen LogP contribution in [0.3, 0.4) is 0 Å². The van der Waals surface area contributed by atoms with Gasteiger partial charge in [0.25, 0.3) is 5.56 Å². The summed E-state index contributed by atoms with van der Waals surface area (Å²) in [5.74, 6) is -1.31. The predicted molar refractivity (Wildman–Crippen MR) is 81.2 cm³/mol. The van der Waals surface area contributed by atoms with E-state index in [1.165, 1.54) is 13.1 Å². The first-order valence-corrected chi connectivity index (χ1v) is 7.64. The van der Waals surface area contributed by atoms with E-state index < -0.39 is 40.9 Å². The molecule has 0 bridgehead atoms. The molecule has 1 aromatic heterocycles. The van der Waals surface area contributed by atoms with E-state index in [1.54, 1.807) is 13.8 Å². The van der Waals surface area contributed by atoms with E-state index in [0.717, 1.165) is 10.6 Å². The van der Waals surface area contributed by atoms with Crippen molar-refractivity contribution in [2.75, 3.05) is 13.2 Å². The Labute approximate surface area is 137 Å². The van der Waals surface area contributed by atoms with Crippen LogP contribution in [0.15, 0.2) is 21.9 Å². The summed E-state index contributed by atoms with van der Waals surface area (Å²) in [4.78, 5) is 49.7.